The van der Waals surface area contributed by atoms with E-state index in [2.05, 4.69) is 15.9 Å². The zero-order chi connectivity index (χ0) is 13.8. The third kappa shape index (κ3) is 3.32. The summed E-state index contributed by atoms with van der Waals surface area (Å²) in [6.45, 7) is -0.168. The summed E-state index contributed by atoms with van der Waals surface area (Å²) in [4.78, 5) is 11.7. The minimum Gasteiger partial charge on any atom is -0.459 e. The molecule has 0 radical (unpaired) electrons. The predicted octanol–water partition coefficient (Wildman–Crippen LogP) is 1.70. The van der Waals surface area contributed by atoms with Crippen LogP contribution in [0.5, 0.6) is 0 Å². The smallest absolute Gasteiger partial charge is 0.338 e. The van der Waals surface area contributed by atoms with Gasteiger partial charge in [-0.25, -0.2) is 9.18 Å². The molecule has 0 aromatic heterocycles. The number of benzene rings is 1. The minimum absolute atomic E-state index is 0.168. The molecule has 1 heterocycles. The Labute approximate surface area is 118 Å². The molecule has 1 aliphatic heterocycles. The van der Waals surface area contributed by atoms with Crippen LogP contribution in [-0.4, -0.2) is 47.5 Å². The summed E-state index contributed by atoms with van der Waals surface area (Å²) in [5, 5.41) is 9.92. The van der Waals surface area contributed by atoms with Gasteiger partial charge in [0.05, 0.1) is 5.56 Å². The van der Waals surface area contributed by atoms with Gasteiger partial charge in [-0.2, -0.15) is 0 Å². The van der Waals surface area contributed by atoms with Gasteiger partial charge in [-0.1, -0.05) is 34.1 Å². The van der Waals surface area contributed by atoms with E-state index < -0.39 is 30.5 Å². The molecule has 0 bridgehead atoms. The van der Waals surface area contributed by atoms with Crippen LogP contribution in [0.1, 0.15) is 10.4 Å². The molecule has 3 unspecified atom stereocenters. The molecule has 104 valence electrons. The first-order chi connectivity index (χ1) is 9.13. The number of hydrogen-bond acceptors (Lipinski definition) is 4. The van der Waals surface area contributed by atoms with E-state index >= 15 is 0 Å². The van der Waals surface area contributed by atoms with Crippen LogP contribution in [0.2, 0.25) is 0 Å². The molecule has 0 aliphatic carbocycles. The van der Waals surface area contributed by atoms with Crippen molar-refractivity contribution in [1.29, 1.82) is 0 Å². The summed E-state index contributed by atoms with van der Waals surface area (Å²) >= 11 is 3.10. The molecule has 1 aliphatic rings. The number of esters is 1. The molecule has 0 amide bonds. The molecule has 6 heteroatoms. The van der Waals surface area contributed by atoms with Crippen molar-refractivity contribution in [3.05, 3.63) is 35.9 Å². The fourth-order valence-electron chi connectivity index (χ4n) is 1.88. The quantitative estimate of drug-likeness (QED) is 0.673. The Hall–Kier alpha value is -0.980. The monoisotopic (exact) mass is 332 g/mol. The molecule has 4 nitrogen and oxygen atoms in total. The number of aliphatic hydroxyl groups is 1. The van der Waals surface area contributed by atoms with Crippen LogP contribution in [0, 0.1) is 0 Å². The number of hydrogen-bond donors (Lipinski definition) is 1. The Bertz CT molecular complexity index is 428. The molecule has 0 saturated carbocycles. The minimum atomic E-state index is -1.47. The van der Waals surface area contributed by atoms with Gasteiger partial charge < -0.3 is 14.6 Å². The van der Waals surface area contributed by atoms with Crippen molar-refractivity contribution in [2.45, 2.75) is 24.5 Å². The van der Waals surface area contributed by atoms with Crippen LogP contribution in [0.25, 0.3) is 0 Å². The van der Waals surface area contributed by atoms with Gasteiger partial charge in [0.25, 0.3) is 0 Å². The third-order valence-electron chi connectivity index (χ3n) is 2.95. The summed E-state index contributed by atoms with van der Waals surface area (Å²) in [7, 11) is 0. The highest BCUT2D eigenvalue weighted by atomic mass is 79.9. The average molecular weight is 333 g/mol. The Morgan fingerprint density at radius 1 is 1.37 bits per heavy atom. The lowest BCUT2D eigenvalue weighted by Crippen LogP contribution is -2.32. The van der Waals surface area contributed by atoms with Gasteiger partial charge in [0.2, 0.25) is 0 Å². The topological polar surface area (TPSA) is 55.8 Å². The van der Waals surface area contributed by atoms with Crippen LogP contribution in [0.4, 0.5) is 4.39 Å². The lowest BCUT2D eigenvalue weighted by atomic mass is 10.1. The van der Waals surface area contributed by atoms with Crippen LogP contribution in [0.15, 0.2) is 30.3 Å². The second-order valence-corrected chi connectivity index (χ2v) is 4.91. The molecular weight excluding hydrogens is 319 g/mol. The molecule has 4 atom stereocenters. The summed E-state index contributed by atoms with van der Waals surface area (Å²) in [6, 6.07) is 8.46. The van der Waals surface area contributed by atoms with Gasteiger partial charge in [-0.05, 0) is 12.1 Å². The standard InChI is InChI=1S/C13H14BrFO4/c14-6-9-11(15)12(16)10(19-9)7-18-13(17)8-4-2-1-3-5-8/h1-5,9-12,16H,6-7H2/t9?,10-,11?,12?/m1/s1. The summed E-state index contributed by atoms with van der Waals surface area (Å²) < 4.78 is 23.8. The van der Waals surface area contributed by atoms with E-state index in [1.165, 1.54) is 0 Å². The first-order valence-corrected chi connectivity index (χ1v) is 7.01. The SMILES string of the molecule is O=C(OC[C@H]1OC(CBr)C(F)C1O)c1ccccc1. The molecule has 1 aromatic rings. The number of alkyl halides is 2. The second-order valence-electron chi connectivity index (χ2n) is 4.27. The Morgan fingerprint density at radius 3 is 2.63 bits per heavy atom. The summed E-state index contributed by atoms with van der Waals surface area (Å²) in [5.74, 6) is -0.519. The normalized spacial score (nSPS) is 30.3. The number of aliphatic hydroxyl groups excluding tert-OH is 1. The first kappa shape index (κ1) is 14.4. The van der Waals surface area contributed by atoms with Gasteiger partial charge in [-0.15, -0.1) is 0 Å². The van der Waals surface area contributed by atoms with Gasteiger partial charge in [0.1, 0.15) is 24.9 Å². The number of ether oxygens (including phenoxy) is 2. The highest BCUT2D eigenvalue weighted by molar-refractivity contribution is 9.09. The van der Waals surface area contributed by atoms with Gasteiger partial charge >= 0.3 is 5.97 Å². The number of carbonyl (C=O) groups is 1. The van der Waals surface area contributed by atoms with Crippen LogP contribution >= 0.6 is 15.9 Å². The van der Waals surface area contributed by atoms with Crippen molar-refractivity contribution in [2.24, 2.45) is 0 Å². The van der Waals surface area contributed by atoms with E-state index in [9.17, 15) is 14.3 Å². The van der Waals surface area contributed by atoms with E-state index in [0.29, 0.717) is 5.56 Å². The lowest BCUT2D eigenvalue weighted by molar-refractivity contribution is -0.0288. The van der Waals surface area contributed by atoms with E-state index in [1.807, 2.05) is 0 Å². The van der Waals surface area contributed by atoms with Crippen LogP contribution in [0.3, 0.4) is 0 Å². The van der Waals surface area contributed by atoms with E-state index in [-0.39, 0.29) is 11.9 Å². The zero-order valence-electron chi connectivity index (χ0n) is 10.0. The molecule has 2 rings (SSSR count). The van der Waals surface area contributed by atoms with Gasteiger partial charge in [0.15, 0.2) is 6.17 Å². The number of carbonyl (C=O) groups excluding carboxylic acids is 1. The van der Waals surface area contributed by atoms with Crippen molar-refractivity contribution >= 4 is 21.9 Å². The predicted molar refractivity (Wildman–Crippen MR) is 70.1 cm³/mol. The maximum atomic E-state index is 13.5. The molecule has 1 fully saturated rings. The van der Waals surface area contributed by atoms with Crippen molar-refractivity contribution in [3.8, 4) is 0 Å². The van der Waals surface area contributed by atoms with Crippen molar-refractivity contribution < 1.29 is 23.8 Å². The van der Waals surface area contributed by atoms with Crippen molar-refractivity contribution in [3.63, 3.8) is 0 Å². The fraction of sp³-hybridized carbons (Fsp3) is 0.462. The van der Waals surface area contributed by atoms with E-state index in [0.717, 1.165) is 0 Å². The molecule has 1 aromatic carbocycles. The van der Waals surface area contributed by atoms with Crippen LogP contribution in [-0.2, 0) is 9.47 Å². The third-order valence-corrected chi connectivity index (χ3v) is 3.59. The largest absolute Gasteiger partial charge is 0.459 e. The highest BCUT2D eigenvalue weighted by Crippen LogP contribution is 2.25. The molecule has 0 spiro atoms. The van der Waals surface area contributed by atoms with Gasteiger partial charge in [-0.3, -0.25) is 0 Å². The van der Waals surface area contributed by atoms with E-state index in [1.54, 1.807) is 30.3 Å². The average Bonchev–Trinajstić information content (AvgIpc) is 2.73. The highest BCUT2D eigenvalue weighted by Gasteiger charge is 2.44. The van der Waals surface area contributed by atoms with Gasteiger partial charge in [0, 0.05) is 5.33 Å². The second kappa shape index (κ2) is 6.45. The molecule has 1 saturated heterocycles. The Morgan fingerprint density at radius 2 is 2.05 bits per heavy atom. The zero-order valence-corrected chi connectivity index (χ0v) is 11.6. The van der Waals surface area contributed by atoms with Crippen molar-refractivity contribution in [1.82, 2.24) is 0 Å². The Kier molecular flexibility index (Phi) is 4.90. The first-order valence-electron chi connectivity index (χ1n) is 5.89. The Balaban J connectivity index is 1.88. The maximum Gasteiger partial charge on any atom is 0.338 e. The summed E-state index contributed by atoms with van der Waals surface area (Å²) in [6.07, 6.45) is -4.29. The molecule has 1 N–H and O–H groups in total. The lowest BCUT2D eigenvalue weighted by Gasteiger charge is -2.14. The van der Waals surface area contributed by atoms with E-state index in [4.69, 9.17) is 9.47 Å². The van der Waals surface area contributed by atoms with Crippen molar-refractivity contribution in [2.75, 3.05) is 11.9 Å². The van der Waals surface area contributed by atoms with Crippen LogP contribution < -0.4 is 0 Å². The molecular formula is C13H14BrFO4. The number of rotatable bonds is 4. The maximum absolute atomic E-state index is 13.5. The molecule has 19 heavy (non-hydrogen) atoms. The number of halogens is 2. The fourth-order valence-corrected chi connectivity index (χ4v) is 2.39. The summed E-state index contributed by atoms with van der Waals surface area (Å²) in [5.41, 5.74) is 0.406.